The molecule has 2 atom stereocenters. The van der Waals surface area contributed by atoms with Crippen molar-refractivity contribution < 1.29 is 26.4 Å². The highest BCUT2D eigenvalue weighted by Crippen LogP contribution is 2.22. The number of primary sulfonamides is 1. The van der Waals surface area contributed by atoms with Gasteiger partial charge in [-0.1, -0.05) is 18.2 Å². The van der Waals surface area contributed by atoms with Gasteiger partial charge in [0.15, 0.2) is 0 Å². The van der Waals surface area contributed by atoms with Crippen LogP contribution in [0.1, 0.15) is 29.8 Å². The first-order valence-electron chi connectivity index (χ1n) is 9.62. The highest BCUT2D eigenvalue weighted by Gasteiger charge is 2.32. The Morgan fingerprint density at radius 2 is 1.65 bits per heavy atom. The Morgan fingerprint density at radius 1 is 1.03 bits per heavy atom. The molecule has 1 heterocycles. The fourth-order valence-corrected chi connectivity index (χ4v) is 5.51. The second-order valence-electron chi connectivity index (χ2n) is 7.48. The monoisotopic (exact) mass is 467 g/mol. The summed E-state index contributed by atoms with van der Waals surface area (Å²) >= 11 is 0. The molecule has 1 amide bonds. The second kappa shape index (κ2) is 9.05. The summed E-state index contributed by atoms with van der Waals surface area (Å²) in [6, 6.07) is 11.7. The van der Waals surface area contributed by atoms with E-state index in [1.54, 1.807) is 12.1 Å². The molecule has 9 nitrogen and oxygen atoms in total. The summed E-state index contributed by atoms with van der Waals surface area (Å²) in [6.07, 6.45) is -0.434. The molecule has 2 aromatic carbocycles. The van der Waals surface area contributed by atoms with Crippen LogP contribution in [0.5, 0.6) is 0 Å². The van der Waals surface area contributed by atoms with E-state index in [9.17, 15) is 21.6 Å². The highest BCUT2D eigenvalue weighted by atomic mass is 32.2. The van der Waals surface area contributed by atoms with Crippen LogP contribution in [0.2, 0.25) is 0 Å². The molecule has 0 saturated carbocycles. The molecule has 168 valence electrons. The average molecular weight is 468 g/mol. The number of carbonyl (C=O) groups excluding carboxylic acids is 1. The first kappa shape index (κ1) is 23.4. The van der Waals surface area contributed by atoms with Crippen LogP contribution in [-0.4, -0.2) is 52.3 Å². The minimum atomic E-state index is -3.79. The van der Waals surface area contributed by atoms with Crippen LogP contribution in [0.4, 0.5) is 0 Å². The van der Waals surface area contributed by atoms with Gasteiger partial charge in [-0.25, -0.2) is 22.0 Å². The topological polar surface area (TPSA) is 136 Å². The summed E-state index contributed by atoms with van der Waals surface area (Å²) in [6.45, 7) is 4.27. The molecule has 1 saturated heterocycles. The summed E-state index contributed by atoms with van der Waals surface area (Å²) in [5, 5.41) is 7.76. The van der Waals surface area contributed by atoms with Crippen molar-refractivity contribution in [3.63, 3.8) is 0 Å². The maximum Gasteiger partial charge on any atom is 0.251 e. The van der Waals surface area contributed by atoms with Gasteiger partial charge in [0.2, 0.25) is 20.0 Å². The molecule has 11 heteroatoms. The Morgan fingerprint density at radius 3 is 2.23 bits per heavy atom. The van der Waals surface area contributed by atoms with Gasteiger partial charge < -0.3 is 10.1 Å². The van der Waals surface area contributed by atoms with Crippen LogP contribution in [-0.2, 0) is 31.3 Å². The van der Waals surface area contributed by atoms with E-state index in [1.807, 2.05) is 13.8 Å². The summed E-state index contributed by atoms with van der Waals surface area (Å²) in [5.41, 5.74) is 0.873. The molecule has 31 heavy (non-hydrogen) atoms. The van der Waals surface area contributed by atoms with Gasteiger partial charge in [-0.05, 0) is 49.7 Å². The lowest BCUT2D eigenvalue weighted by atomic mass is 10.2. The van der Waals surface area contributed by atoms with Crippen molar-refractivity contribution in [3.8, 4) is 0 Å². The van der Waals surface area contributed by atoms with Gasteiger partial charge >= 0.3 is 0 Å². The van der Waals surface area contributed by atoms with Crippen molar-refractivity contribution in [2.45, 2.75) is 42.4 Å². The van der Waals surface area contributed by atoms with Crippen LogP contribution in [0, 0.1) is 0 Å². The van der Waals surface area contributed by atoms with Crippen LogP contribution in [0.3, 0.4) is 0 Å². The number of nitrogens with zero attached hydrogens (tertiary/aromatic N) is 1. The minimum Gasteiger partial charge on any atom is -0.373 e. The van der Waals surface area contributed by atoms with Crippen molar-refractivity contribution in [2.75, 3.05) is 13.1 Å². The lowest BCUT2D eigenvalue weighted by Gasteiger charge is -2.34. The number of hydrogen-bond acceptors (Lipinski definition) is 6. The number of sulfonamides is 2. The van der Waals surface area contributed by atoms with Crippen LogP contribution < -0.4 is 10.5 Å². The summed E-state index contributed by atoms with van der Waals surface area (Å²) in [5.74, 6) is -0.448. The second-order valence-corrected chi connectivity index (χ2v) is 11.0. The Bertz CT molecular complexity index is 1150. The van der Waals surface area contributed by atoms with E-state index in [-0.39, 0.29) is 47.2 Å². The number of morpholine rings is 1. The average Bonchev–Trinajstić information content (AvgIpc) is 2.71. The maximum absolute atomic E-state index is 13.0. The number of benzene rings is 2. The highest BCUT2D eigenvalue weighted by molar-refractivity contribution is 7.89. The third-order valence-electron chi connectivity index (χ3n) is 4.83. The van der Waals surface area contributed by atoms with E-state index in [2.05, 4.69) is 5.32 Å². The lowest BCUT2D eigenvalue weighted by molar-refractivity contribution is -0.0440. The van der Waals surface area contributed by atoms with Gasteiger partial charge in [0, 0.05) is 25.2 Å². The molecule has 1 aliphatic rings. The van der Waals surface area contributed by atoms with Crippen molar-refractivity contribution in [1.82, 2.24) is 9.62 Å². The number of carbonyl (C=O) groups is 1. The Hall–Kier alpha value is -2.31. The molecule has 0 unspecified atom stereocenters. The van der Waals surface area contributed by atoms with Crippen LogP contribution in [0.15, 0.2) is 58.3 Å². The normalized spacial score (nSPS) is 20.4. The van der Waals surface area contributed by atoms with E-state index in [1.165, 1.54) is 40.7 Å². The van der Waals surface area contributed by atoms with Gasteiger partial charge in [-0.3, -0.25) is 4.79 Å². The zero-order valence-electron chi connectivity index (χ0n) is 17.2. The fraction of sp³-hybridized carbons (Fsp3) is 0.350. The van der Waals surface area contributed by atoms with E-state index in [0.717, 1.165) is 0 Å². The zero-order valence-corrected chi connectivity index (χ0v) is 18.8. The molecule has 1 fully saturated rings. The predicted molar refractivity (Wildman–Crippen MR) is 114 cm³/mol. The van der Waals surface area contributed by atoms with Crippen LogP contribution >= 0.6 is 0 Å². The fourth-order valence-electron chi connectivity index (χ4n) is 3.36. The van der Waals surface area contributed by atoms with Crippen molar-refractivity contribution >= 4 is 26.0 Å². The summed E-state index contributed by atoms with van der Waals surface area (Å²) < 4.78 is 55.6. The molecule has 0 radical (unpaired) electrons. The molecule has 3 rings (SSSR count). The van der Waals surface area contributed by atoms with Crippen molar-refractivity contribution in [3.05, 3.63) is 59.7 Å². The number of amides is 1. The SMILES string of the molecule is C[C@@H]1CN(S(=O)(=O)c2cccc(C(=O)NCc3ccc(S(N)(=O)=O)cc3)c2)C[C@H](C)O1. The number of nitrogens with one attached hydrogen (secondary N) is 1. The number of rotatable bonds is 6. The van der Waals surface area contributed by atoms with Gasteiger partial charge in [-0.15, -0.1) is 0 Å². The molecule has 2 aromatic rings. The van der Waals surface area contributed by atoms with Crippen molar-refractivity contribution in [2.24, 2.45) is 5.14 Å². The number of nitrogens with two attached hydrogens (primary N) is 1. The Labute approximate surface area is 182 Å². The predicted octanol–water partition coefficient (Wildman–Crippen LogP) is 1.06. The lowest BCUT2D eigenvalue weighted by Crippen LogP contribution is -2.48. The molecular weight excluding hydrogens is 442 g/mol. The molecule has 3 N–H and O–H groups in total. The summed E-state index contributed by atoms with van der Waals surface area (Å²) in [7, 11) is -7.55. The Kier molecular flexibility index (Phi) is 6.82. The van der Waals surface area contributed by atoms with Crippen molar-refractivity contribution in [1.29, 1.82) is 0 Å². The molecule has 0 spiro atoms. The molecule has 1 aliphatic heterocycles. The number of hydrogen-bond donors (Lipinski definition) is 2. The molecule has 0 aliphatic carbocycles. The van der Waals surface area contributed by atoms with E-state index in [0.29, 0.717) is 5.56 Å². The third-order valence-corrected chi connectivity index (χ3v) is 7.58. The maximum atomic E-state index is 13.0. The summed E-state index contributed by atoms with van der Waals surface area (Å²) in [4.78, 5) is 12.6. The largest absolute Gasteiger partial charge is 0.373 e. The quantitative estimate of drug-likeness (QED) is 0.652. The van der Waals surface area contributed by atoms with E-state index < -0.39 is 26.0 Å². The van der Waals surface area contributed by atoms with E-state index >= 15 is 0 Å². The van der Waals surface area contributed by atoms with Gasteiger partial charge in [0.25, 0.3) is 5.91 Å². The first-order chi connectivity index (χ1) is 14.5. The standard InChI is InChI=1S/C20H25N3O6S2/c1-14-12-23(13-15(2)29-14)31(27,28)19-5-3-4-17(10-19)20(24)22-11-16-6-8-18(9-7-16)30(21,25)26/h3-10,14-15H,11-13H2,1-2H3,(H,22,24)(H2,21,25,26)/t14-,15+. The van der Waals surface area contributed by atoms with Gasteiger partial charge in [-0.2, -0.15) is 4.31 Å². The number of ether oxygens (including phenoxy) is 1. The zero-order chi connectivity index (χ0) is 22.8. The molecule has 0 aromatic heterocycles. The van der Waals surface area contributed by atoms with Gasteiger partial charge in [0.05, 0.1) is 22.0 Å². The molecule has 0 bridgehead atoms. The first-order valence-corrected chi connectivity index (χ1v) is 12.6. The third kappa shape index (κ3) is 5.69. The Balaban J connectivity index is 1.71. The van der Waals surface area contributed by atoms with E-state index in [4.69, 9.17) is 9.88 Å². The van der Waals surface area contributed by atoms with Crippen LogP contribution in [0.25, 0.3) is 0 Å². The smallest absolute Gasteiger partial charge is 0.251 e. The molecular formula is C20H25N3O6S2. The minimum absolute atomic E-state index is 0.0211. The van der Waals surface area contributed by atoms with Gasteiger partial charge in [0.1, 0.15) is 0 Å².